The Morgan fingerprint density at radius 2 is 2.19 bits per heavy atom. The van der Waals surface area contributed by atoms with E-state index < -0.39 is 17.9 Å². The van der Waals surface area contributed by atoms with Gasteiger partial charge < -0.3 is 10.4 Å². The first-order valence-electron chi connectivity index (χ1n) is 6.23. The lowest BCUT2D eigenvalue weighted by atomic mass is 10.2. The number of nitrogens with one attached hydrogen (secondary N) is 1. The lowest BCUT2D eigenvalue weighted by molar-refractivity contribution is -0.139. The number of aliphatic carboxylic acids is 1. The van der Waals surface area contributed by atoms with Crippen LogP contribution in [0.3, 0.4) is 0 Å². The lowest BCUT2D eigenvalue weighted by Gasteiger charge is -2.12. The number of hydrogen-bond donors (Lipinski definition) is 2. The first kappa shape index (κ1) is 15.8. The van der Waals surface area contributed by atoms with Crippen molar-refractivity contribution in [2.24, 2.45) is 0 Å². The van der Waals surface area contributed by atoms with E-state index in [1.165, 1.54) is 23.9 Å². The molecule has 1 aromatic carbocycles. The topological polar surface area (TPSA) is 66.4 Å². The molecule has 7 heteroatoms. The van der Waals surface area contributed by atoms with Crippen LogP contribution in [-0.2, 0) is 4.79 Å². The summed E-state index contributed by atoms with van der Waals surface area (Å²) in [5.41, 5.74) is 0. The molecule has 4 nitrogen and oxygen atoms in total. The van der Waals surface area contributed by atoms with E-state index in [0.29, 0.717) is 21.8 Å². The van der Waals surface area contributed by atoms with E-state index in [9.17, 15) is 14.0 Å². The van der Waals surface area contributed by atoms with Gasteiger partial charge in [0.1, 0.15) is 11.9 Å². The minimum atomic E-state index is -1.05. The summed E-state index contributed by atoms with van der Waals surface area (Å²) in [6.45, 7) is 0. The second-order valence-electron chi connectivity index (χ2n) is 4.44. The second kappa shape index (κ2) is 6.91. The van der Waals surface area contributed by atoms with Crippen molar-refractivity contribution in [1.82, 2.24) is 5.32 Å². The monoisotopic (exact) mass is 327 g/mol. The highest BCUT2D eigenvalue weighted by molar-refractivity contribution is 7.98. The number of carbonyl (C=O) groups is 2. The molecule has 2 N–H and O–H groups in total. The Morgan fingerprint density at radius 3 is 2.86 bits per heavy atom. The number of thiophene rings is 1. The summed E-state index contributed by atoms with van der Waals surface area (Å²) in [5, 5.41) is 12.4. The highest BCUT2D eigenvalue weighted by Gasteiger charge is 2.21. The minimum Gasteiger partial charge on any atom is -0.480 e. The van der Waals surface area contributed by atoms with Gasteiger partial charge in [-0.25, -0.2) is 9.18 Å². The van der Waals surface area contributed by atoms with Gasteiger partial charge in [-0.15, -0.1) is 11.3 Å². The van der Waals surface area contributed by atoms with Gasteiger partial charge in [0.15, 0.2) is 0 Å². The predicted molar refractivity (Wildman–Crippen MR) is 83.7 cm³/mol. The Kier molecular flexibility index (Phi) is 5.19. The van der Waals surface area contributed by atoms with Crippen molar-refractivity contribution in [2.75, 3.05) is 12.0 Å². The Hall–Kier alpha value is -1.60. The van der Waals surface area contributed by atoms with Gasteiger partial charge in [0.2, 0.25) is 0 Å². The van der Waals surface area contributed by atoms with Gasteiger partial charge in [-0.05, 0) is 42.0 Å². The largest absolute Gasteiger partial charge is 0.480 e. The number of carboxylic acids is 1. The van der Waals surface area contributed by atoms with E-state index in [-0.39, 0.29) is 5.82 Å². The Bertz CT molecular complexity index is 671. The molecule has 21 heavy (non-hydrogen) atoms. The maximum Gasteiger partial charge on any atom is 0.326 e. The Balaban J connectivity index is 2.15. The fraction of sp³-hybridized carbons (Fsp3) is 0.286. The average molecular weight is 327 g/mol. The molecule has 0 bridgehead atoms. The fourth-order valence-corrected chi connectivity index (χ4v) is 3.30. The normalized spacial score (nSPS) is 12.3. The number of carbonyl (C=O) groups excluding carboxylic acids is 1. The smallest absolute Gasteiger partial charge is 0.326 e. The maximum atomic E-state index is 13.1. The standard InChI is InChI=1S/C14H14FNO3S2/c1-20-5-4-10(14(18)19)16-13(17)12-6-8-2-3-9(15)7-11(8)21-12/h2-3,6-7,10H,4-5H2,1H3,(H,16,17)(H,18,19)/t10-/m0/s1. The summed E-state index contributed by atoms with van der Waals surface area (Å²) in [5.74, 6) is -1.20. The molecule has 0 aliphatic rings. The van der Waals surface area contributed by atoms with Gasteiger partial charge in [-0.1, -0.05) is 6.07 Å². The number of benzene rings is 1. The highest BCUT2D eigenvalue weighted by Crippen LogP contribution is 2.26. The van der Waals surface area contributed by atoms with Crippen LogP contribution in [0.4, 0.5) is 4.39 Å². The molecular weight excluding hydrogens is 313 g/mol. The molecule has 1 aromatic heterocycles. The van der Waals surface area contributed by atoms with Crippen molar-refractivity contribution in [1.29, 1.82) is 0 Å². The van der Waals surface area contributed by atoms with Gasteiger partial charge in [0.05, 0.1) is 4.88 Å². The van der Waals surface area contributed by atoms with E-state index in [4.69, 9.17) is 5.11 Å². The summed E-state index contributed by atoms with van der Waals surface area (Å²) in [4.78, 5) is 23.6. The van der Waals surface area contributed by atoms with Gasteiger partial charge >= 0.3 is 5.97 Å². The van der Waals surface area contributed by atoms with Crippen LogP contribution in [-0.4, -0.2) is 35.0 Å². The molecule has 1 atom stereocenters. The number of fused-ring (bicyclic) bond motifs is 1. The van der Waals surface area contributed by atoms with Crippen molar-refractivity contribution in [3.05, 3.63) is 35.0 Å². The van der Waals surface area contributed by atoms with Crippen molar-refractivity contribution in [3.63, 3.8) is 0 Å². The van der Waals surface area contributed by atoms with Crippen molar-refractivity contribution < 1.29 is 19.1 Å². The number of hydrogen-bond acceptors (Lipinski definition) is 4. The van der Waals surface area contributed by atoms with E-state index in [2.05, 4.69) is 5.32 Å². The van der Waals surface area contributed by atoms with Crippen LogP contribution in [0, 0.1) is 5.82 Å². The van der Waals surface area contributed by atoms with Crippen LogP contribution in [0.5, 0.6) is 0 Å². The first-order valence-corrected chi connectivity index (χ1v) is 8.44. The number of rotatable bonds is 6. The van der Waals surface area contributed by atoms with Gasteiger partial charge in [-0.2, -0.15) is 11.8 Å². The molecule has 112 valence electrons. The summed E-state index contributed by atoms with van der Waals surface area (Å²) in [7, 11) is 0. The quantitative estimate of drug-likeness (QED) is 0.856. The van der Waals surface area contributed by atoms with Crippen LogP contribution in [0.2, 0.25) is 0 Å². The molecule has 2 aromatic rings. The van der Waals surface area contributed by atoms with Crippen LogP contribution in [0.1, 0.15) is 16.1 Å². The van der Waals surface area contributed by atoms with Crippen LogP contribution in [0.15, 0.2) is 24.3 Å². The second-order valence-corrected chi connectivity index (χ2v) is 6.51. The molecule has 0 aliphatic heterocycles. The molecule has 1 heterocycles. The minimum absolute atomic E-state index is 0.361. The first-order chi connectivity index (χ1) is 10.0. The molecule has 0 spiro atoms. The summed E-state index contributed by atoms with van der Waals surface area (Å²) in [6.07, 6.45) is 2.24. The fourth-order valence-electron chi connectivity index (χ4n) is 1.84. The maximum absolute atomic E-state index is 13.1. The third kappa shape index (κ3) is 3.95. The Morgan fingerprint density at radius 1 is 1.43 bits per heavy atom. The molecular formula is C14H14FNO3S2. The van der Waals surface area contributed by atoms with E-state index in [0.717, 1.165) is 16.7 Å². The molecule has 0 saturated carbocycles. The zero-order valence-electron chi connectivity index (χ0n) is 11.3. The lowest BCUT2D eigenvalue weighted by Crippen LogP contribution is -2.40. The van der Waals surface area contributed by atoms with E-state index >= 15 is 0 Å². The Labute approximate surface area is 129 Å². The van der Waals surface area contributed by atoms with Crippen LogP contribution in [0.25, 0.3) is 10.1 Å². The van der Waals surface area contributed by atoms with Crippen molar-refractivity contribution >= 4 is 45.1 Å². The van der Waals surface area contributed by atoms with Crippen LogP contribution >= 0.6 is 23.1 Å². The summed E-state index contributed by atoms with van der Waals surface area (Å²) < 4.78 is 13.8. The zero-order valence-corrected chi connectivity index (χ0v) is 12.9. The zero-order chi connectivity index (χ0) is 15.4. The SMILES string of the molecule is CSCC[C@H](NC(=O)c1cc2ccc(F)cc2s1)C(=O)O. The van der Waals surface area contributed by atoms with Gasteiger partial charge in [0, 0.05) is 4.70 Å². The highest BCUT2D eigenvalue weighted by atomic mass is 32.2. The molecule has 2 rings (SSSR count). The van der Waals surface area contributed by atoms with Crippen molar-refractivity contribution in [2.45, 2.75) is 12.5 Å². The number of thioether (sulfide) groups is 1. The number of amides is 1. The van der Waals surface area contributed by atoms with Crippen LogP contribution < -0.4 is 5.32 Å². The van der Waals surface area contributed by atoms with E-state index in [1.807, 2.05) is 6.26 Å². The number of halogens is 1. The summed E-state index contributed by atoms with van der Waals surface area (Å²) >= 11 is 2.67. The molecule has 0 unspecified atom stereocenters. The van der Waals surface area contributed by atoms with Gasteiger partial charge in [-0.3, -0.25) is 4.79 Å². The predicted octanol–water partition coefficient (Wildman–Crippen LogP) is 2.98. The molecule has 0 saturated heterocycles. The van der Waals surface area contributed by atoms with Gasteiger partial charge in [0.25, 0.3) is 5.91 Å². The summed E-state index contributed by atoms with van der Waals surface area (Å²) in [6, 6.07) is 5.02. The van der Waals surface area contributed by atoms with E-state index in [1.54, 1.807) is 12.1 Å². The molecule has 0 fully saturated rings. The average Bonchev–Trinajstić information content (AvgIpc) is 2.85. The number of carboxylic acid groups (broad SMARTS) is 1. The molecule has 1 amide bonds. The van der Waals surface area contributed by atoms with Crippen molar-refractivity contribution in [3.8, 4) is 0 Å². The molecule has 0 radical (unpaired) electrons. The molecule has 0 aliphatic carbocycles. The third-order valence-corrected chi connectivity index (χ3v) is 4.66. The third-order valence-electron chi connectivity index (χ3n) is 2.92.